The molecule has 7 heteroatoms. The number of rotatable bonds is 3. The van der Waals surface area contributed by atoms with Crippen LogP contribution in [0.5, 0.6) is 0 Å². The summed E-state index contributed by atoms with van der Waals surface area (Å²) < 4.78 is 0. The SMILES string of the molecule is Cc1ccc2[nH]c(C(=O)N[C@H]3CCCC/C3=N\C(=O)c3cc4c(s3)CCNC4)cc2c1. The Morgan fingerprint density at radius 3 is 2.94 bits per heavy atom. The van der Waals surface area contributed by atoms with Crippen molar-refractivity contribution in [1.82, 2.24) is 15.6 Å². The molecule has 1 fully saturated rings. The number of hydrogen-bond acceptors (Lipinski definition) is 4. The number of nitrogens with zero attached hydrogens (tertiary/aromatic N) is 1. The van der Waals surface area contributed by atoms with E-state index in [0.717, 1.165) is 67.4 Å². The molecule has 6 nitrogen and oxygen atoms in total. The predicted molar refractivity (Wildman–Crippen MR) is 124 cm³/mol. The molecule has 5 rings (SSSR count). The molecule has 2 amide bonds. The molecule has 1 atom stereocenters. The first-order chi connectivity index (χ1) is 15.1. The molecular weight excluding hydrogens is 408 g/mol. The normalized spacial score (nSPS) is 20.0. The minimum Gasteiger partial charge on any atom is -0.351 e. The quantitative estimate of drug-likeness (QED) is 0.579. The highest BCUT2D eigenvalue weighted by Crippen LogP contribution is 2.27. The van der Waals surface area contributed by atoms with Crippen LogP contribution in [0.1, 0.15) is 61.8 Å². The van der Waals surface area contributed by atoms with E-state index in [1.54, 1.807) is 11.3 Å². The van der Waals surface area contributed by atoms with Gasteiger partial charge in [0.25, 0.3) is 11.8 Å². The molecule has 1 aliphatic heterocycles. The number of carbonyl (C=O) groups is 2. The zero-order chi connectivity index (χ0) is 21.4. The van der Waals surface area contributed by atoms with Gasteiger partial charge in [-0.15, -0.1) is 11.3 Å². The third-order valence-corrected chi connectivity index (χ3v) is 7.33. The molecule has 0 radical (unpaired) electrons. The predicted octanol–water partition coefficient (Wildman–Crippen LogP) is 4.14. The van der Waals surface area contributed by atoms with Gasteiger partial charge in [0.2, 0.25) is 0 Å². The molecule has 3 heterocycles. The van der Waals surface area contributed by atoms with Crippen LogP contribution in [0.25, 0.3) is 10.9 Å². The van der Waals surface area contributed by atoms with Gasteiger partial charge < -0.3 is 15.6 Å². The molecule has 0 spiro atoms. The zero-order valence-electron chi connectivity index (χ0n) is 17.6. The van der Waals surface area contributed by atoms with Gasteiger partial charge in [-0.05, 0) is 62.4 Å². The van der Waals surface area contributed by atoms with Gasteiger partial charge in [-0.1, -0.05) is 18.1 Å². The van der Waals surface area contributed by atoms with Gasteiger partial charge in [0, 0.05) is 34.6 Å². The van der Waals surface area contributed by atoms with Crippen LogP contribution in [0.2, 0.25) is 0 Å². The second-order valence-corrected chi connectivity index (χ2v) is 9.58. The lowest BCUT2D eigenvalue weighted by Gasteiger charge is -2.24. The molecule has 3 aromatic rings. The smallest absolute Gasteiger partial charge is 0.287 e. The number of aryl methyl sites for hydroxylation is 1. The van der Waals surface area contributed by atoms with Crippen LogP contribution < -0.4 is 10.6 Å². The lowest BCUT2D eigenvalue weighted by molar-refractivity contribution is 0.0936. The highest BCUT2D eigenvalue weighted by Gasteiger charge is 2.25. The molecule has 0 unspecified atom stereocenters. The minimum absolute atomic E-state index is 0.154. The molecule has 2 aromatic heterocycles. The Morgan fingerprint density at radius 1 is 1.16 bits per heavy atom. The molecule has 2 aliphatic rings. The molecule has 31 heavy (non-hydrogen) atoms. The van der Waals surface area contributed by atoms with Crippen LogP contribution in [0.3, 0.4) is 0 Å². The van der Waals surface area contributed by atoms with Crippen molar-refractivity contribution in [2.24, 2.45) is 4.99 Å². The van der Waals surface area contributed by atoms with Crippen molar-refractivity contribution in [3.05, 3.63) is 56.9 Å². The maximum Gasteiger partial charge on any atom is 0.287 e. The Hall–Kier alpha value is -2.77. The summed E-state index contributed by atoms with van der Waals surface area (Å²) in [6.07, 6.45) is 4.53. The second-order valence-electron chi connectivity index (χ2n) is 8.44. The van der Waals surface area contributed by atoms with E-state index < -0.39 is 0 Å². The van der Waals surface area contributed by atoms with E-state index in [-0.39, 0.29) is 17.9 Å². The fraction of sp³-hybridized carbons (Fsp3) is 0.375. The monoisotopic (exact) mass is 434 g/mol. The Labute approximate surface area is 185 Å². The summed E-state index contributed by atoms with van der Waals surface area (Å²) in [7, 11) is 0. The largest absolute Gasteiger partial charge is 0.351 e. The Kier molecular flexibility index (Phi) is 5.46. The molecule has 1 saturated carbocycles. The molecule has 1 aliphatic carbocycles. The number of aromatic nitrogens is 1. The van der Waals surface area contributed by atoms with E-state index >= 15 is 0 Å². The van der Waals surface area contributed by atoms with Crippen LogP contribution in [0.4, 0.5) is 0 Å². The fourth-order valence-corrected chi connectivity index (χ4v) is 5.50. The summed E-state index contributed by atoms with van der Waals surface area (Å²) in [5, 5.41) is 7.47. The molecule has 0 bridgehead atoms. The van der Waals surface area contributed by atoms with Crippen molar-refractivity contribution >= 4 is 39.8 Å². The number of thiophene rings is 1. The first kappa shape index (κ1) is 20.2. The summed E-state index contributed by atoms with van der Waals surface area (Å²) >= 11 is 1.56. The third-order valence-electron chi connectivity index (χ3n) is 6.10. The first-order valence-electron chi connectivity index (χ1n) is 10.9. The summed E-state index contributed by atoms with van der Waals surface area (Å²) in [5.74, 6) is -0.338. The van der Waals surface area contributed by atoms with Gasteiger partial charge in [0.1, 0.15) is 5.69 Å². The van der Waals surface area contributed by atoms with Gasteiger partial charge in [0.15, 0.2) is 0 Å². The Bertz CT molecular complexity index is 1170. The maximum absolute atomic E-state index is 12.9. The average molecular weight is 435 g/mol. The van der Waals surface area contributed by atoms with Crippen molar-refractivity contribution in [1.29, 1.82) is 0 Å². The highest BCUT2D eigenvalue weighted by atomic mass is 32.1. The van der Waals surface area contributed by atoms with Gasteiger partial charge in [0.05, 0.1) is 10.9 Å². The lowest BCUT2D eigenvalue weighted by Crippen LogP contribution is -2.43. The molecule has 3 N–H and O–H groups in total. The molecule has 160 valence electrons. The van der Waals surface area contributed by atoms with Crippen molar-refractivity contribution in [3.8, 4) is 0 Å². The lowest BCUT2D eigenvalue weighted by atomic mass is 9.93. The van der Waals surface area contributed by atoms with Gasteiger partial charge >= 0.3 is 0 Å². The van der Waals surface area contributed by atoms with Crippen LogP contribution >= 0.6 is 11.3 Å². The van der Waals surface area contributed by atoms with Crippen LogP contribution in [-0.2, 0) is 13.0 Å². The molecule has 0 saturated heterocycles. The third kappa shape index (κ3) is 4.20. The van der Waals surface area contributed by atoms with Crippen molar-refractivity contribution in [2.45, 2.75) is 51.6 Å². The van der Waals surface area contributed by atoms with Crippen LogP contribution in [0, 0.1) is 6.92 Å². The van der Waals surface area contributed by atoms with E-state index in [2.05, 4.69) is 26.7 Å². The number of aliphatic imine (C=N–C) groups is 1. The second kappa shape index (κ2) is 8.40. The van der Waals surface area contributed by atoms with Gasteiger partial charge in [-0.2, -0.15) is 0 Å². The number of H-pyrrole nitrogens is 1. The van der Waals surface area contributed by atoms with Crippen molar-refractivity contribution in [3.63, 3.8) is 0 Å². The minimum atomic E-state index is -0.199. The first-order valence-corrected chi connectivity index (χ1v) is 11.7. The zero-order valence-corrected chi connectivity index (χ0v) is 18.4. The number of carbonyl (C=O) groups excluding carboxylic acids is 2. The van der Waals surface area contributed by atoms with Gasteiger partial charge in [-0.3, -0.25) is 9.59 Å². The number of nitrogens with one attached hydrogen (secondary N) is 3. The van der Waals surface area contributed by atoms with Crippen molar-refractivity contribution < 1.29 is 9.59 Å². The topological polar surface area (TPSA) is 86.3 Å². The Balaban J connectivity index is 1.34. The van der Waals surface area contributed by atoms with E-state index in [1.165, 1.54) is 10.4 Å². The van der Waals surface area contributed by atoms with Gasteiger partial charge in [-0.25, -0.2) is 4.99 Å². The highest BCUT2D eigenvalue weighted by molar-refractivity contribution is 7.14. The maximum atomic E-state index is 12.9. The van der Waals surface area contributed by atoms with E-state index in [9.17, 15) is 9.59 Å². The van der Waals surface area contributed by atoms with E-state index in [0.29, 0.717) is 10.6 Å². The number of hydrogen-bond donors (Lipinski definition) is 3. The van der Waals surface area contributed by atoms with E-state index in [1.807, 2.05) is 31.2 Å². The fourth-order valence-electron chi connectivity index (χ4n) is 4.44. The summed E-state index contributed by atoms with van der Waals surface area (Å²) in [6.45, 7) is 3.81. The number of amides is 2. The van der Waals surface area contributed by atoms with Crippen molar-refractivity contribution in [2.75, 3.05) is 6.54 Å². The van der Waals surface area contributed by atoms with Crippen LogP contribution in [0.15, 0.2) is 35.3 Å². The number of benzene rings is 1. The summed E-state index contributed by atoms with van der Waals surface area (Å²) in [5.41, 5.74) is 4.64. The number of aromatic amines is 1. The standard InChI is InChI=1S/C24H26N4O2S/c1-14-6-7-17-15(10-14)11-20(26-17)23(29)27-18-4-2-3-5-19(18)28-24(30)22-12-16-13-25-9-8-21(16)31-22/h6-7,10-12,18,25-26H,2-5,8-9,13H2,1H3,(H,27,29)/b28-19+/t18-/m0/s1. The van der Waals surface area contributed by atoms with Crippen LogP contribution in [-0.4, -0.2) is 35.1 Å². The summed E-state index contributed by atoms with van der Waals surface area (Å²) in [4.78, 5) is 35.4. The summed E-state index contributed by atoms with van der Waals surface area (Å²) in [6, 6.07) is 9.73. The molecule has 1 aromatic carbocycles. The average Bonchev–Trinajstić information content (AvgIpc) is 3.39. The van der Waals surface area contributed by atoms with E-state index in [4.69, 9.17) is 0 Å². The molecular formula is C24H26N4O2S. The number of fused-ring (bicyclic) bond motifs is 2. The Morgan fingerprint density at radius 2 is 2.06 bits per heavy atom.